The molecule has 0 unspecified atom stereocenters. The van der Waals surface area contributed by atoms with Crippen LogP contribution in [0, 0.1) is 5.82 Å². The summed E-state index contributed by atoms with van der Waals surface area (Å²) in [7, 11) is 0. The number of nitrogens with two attached hydrogens (primary N) is 1. The van der Waals surface area contributed by atoms with E-state index < -0.39 is 11.7 Å². The van der Waals surface area contributed by atoms with Crippen molar-refractivity contribution in [2.24, 2.45) is 5.73 Å². The van der Waals surface area contributed by atoms with Gasteiger partial charge >= 0.3 is 0 Å². The lowest BCUT2D eigenvalue weighted by Gasteiger charge is -2.23. The third-order valence-electron chi connectivity index (χ3n) is 4.96. The Hall–Kier alpha value is -4.05. The first-order valence-corrected chi connectivity index (χ1v) is 10.9. The molecule has 8 nitrogen and oxygen atoms in total. The standard InChI is InChI=1S/C23H20FN5O3S/c1-14(30)26-16-5-7-17(8-6-16)28(11-15-9-10-33-13-15)20(31)12-29-19-4-2-3-18(24)21(19)27-23(29)22(25)32/h2-10,13H,11-12H2,1H3,(H2,25,32)(H,26,30). The van der Waals surface area contributed by atoms with Crippen molar-refractivity contribution < 1.29 is 18.8 Å². The summed E-state index contributed by atoms with van der Waals surface area (Å²) in [5, 5.41) is 6.53. The number of rotatable bonds is 7. The van der Waals surface area contributed by atoms with E-state index in [1.165, 1.54) is 35.0 Å². The summed E-state index contributed by atoms with van der Waals surface area (Å²) in [6.45, 7) is 1.43. The molecular formula is C23H20FN5O3S. The minimum absolute atomic E-state index is 0.0249. The van der Waals surface area contributed by atoms with Crippen molar-refractivity contribution in [3.05, 3.63) is 76.5 Å². The van der Waals surface area contributed by atoms with Crippen molar-refractivity contribution in [3.63, 3.8) is 0 Å². The van der Waals surface area contributed by atoms with Gasteiger partial charge in [-0.2, -0.15) is 11.3 Å². The molecule has 168 valence electrons. The fraction of sp³-hybridized carbons (Fsp3) is 0.130. The molecule has 0 radical (unpaired) electrons. The largest absolute Gasteiger partial charge is 0.363 e. The summed E-state index contributed by atoms with van der Waals surface area (Å²) in [5.41, 5.74) is 7.85. The number of primary amides is 1. The van der Waals surface area contributed by atoms with Crippen molar-refractivity contribution in [2.75, 3.05) is 10.2 Å². The number of imidazole rings is 1. The van der Waals surface area contributed by atoms with Crippen molar-refractivity contribution in [1.29, 1.82) is 0 Å². The normalized spacial score (nSPS) is 10.8. The van der Waals surface area contributed by atoms with E-state index in [2.05, 4.69) is 10.3 Å². The number of benzene rings is 2. The van der Waals surface area contributed by atoms with Gasteiger partial charge in [0.2, 0.25) is 11.8 Å². The Morgan fingerprint density at radius 2 is 1.91 bits per heavy atom. The molecule has 3 amide bonds. The van der Waals surface area contributed by atoms with Crippen molar-refractivity contribution >= 4 is 51.5 Å². The van der Waals surface area contributed by atoms with Gasteiger partial charge in [0.25, 0.3) is 5.91 Å². The summed E-state index contributed by atoms with van der Waals surface area (Å²) in [6, 6.07) is 13.0. The number of hydrogen-bond acceptors (Lipinski definition) is 5. The first-order valence-electron chi connectivity index (χ1n) is 9.97. The molecule has 2 aromatic heterocycles. The zero-order chi connectivity index (χ0) is 23.5. The molecule has 0 atom stereocenters. The number of nitrogens with zero attached hydrogens (tertiary/aromatic N) is 3. The summed E-state index contributed by atoms with van der Waals surface area (Å²) < 4.78 is 15.6. The number of thiophene rings is 1. The first-order chi connectivity index (χ1) is 15.8. The van der Waals surface area contributed by atoms with Crippen LogP contribution in [-0.2, 0) is 22.7 Å². The number of fused-ring (bicyclic) bond motifs is 1. The molecule has 0 aliphatic carbocycles. The predicted octanol–water partition coefficient (Wildman–Crippen LogP) is 3.53. The number of amides is 3. The molecule has 0 fully saturated rings. The highest BCUT2D eigenvalue weighted by atomic mass is 32.1. The number of carbonyl (C=O) groups is 3. The van der Waals surface area contributed by atoms with E-state index in [0.717, 1.165) is 5.56 Å². The Morgan fingerprint density at radius 1 is 1.15 bits per heavy atom. The zero-order valence-corrected chi connectivity index (χ0v) is 18.4. The van der Waals surface area contributed by atoms with Crippen LogP contribution in [-0.4, -0.2) is 27.3 Å². The van der Waals surface area contributed by atoms with Crippen LogP contribution in [0.4, 0.5) is 15.8 Å². The van der Waals surface area contributed by atoms with Crippen LogP contribution >= 0.6 is 11.3 Å². The fourth-order valence-electron chi connectivity index (χ4n) is 3.50. The average molecular weight is 466 g/mol. The van der Waals surface area contributed by atoms with Gasteiger partial charge in [-0.3, -0.25) is 14.4 Å². The van der Waals surface area contributed by atoms with Crippen LogP contribution in [0.25, 0.3) is 11.0 Å². The maximum Gasteiger partial charge on any atom is 0.284 e. The van der Waals surface area contributed by atoms with E-state index in [4.69, 9.17) is 5.73 Å². The maximum absolute atomic E-state index is 14.2. The monoisotopic (exact) mass is 465 g/mol. The number of hydrogen-bond donors (Lipinski definition) is 2. The number of nitrogens with one attached hydrogen (secondary N) is 1. The van der Waals surface area contributed by atoms with Crippen molar-refractivity contribution in [1.82, 2.24) is 9.55 Å². The van der Waals surface area contributed by atoms with Gasteiger partial charge in [0.15, 0.2) is 11.6 Å². The lowest BCUT2D eigenvalue weighted by atomic mass is 10.2. The molecule has 0 bridgehead atoms. The van der Waals surface area contributed by atoms with Crippen LogP contribution < -0.4 is 16.0 Å². The molecule has 33 heavy (non-hydrogen) atoms. The van der Waals surface area contributed by atoms with Crippen LogP contribution in [0.2, 0.25) is 0 Å². The smallest absolute Gasteiger partial charge is 0.284 e. The number of halogens is 1. The van der Waals surface area contributed by atoms with Crippen LogP contribution in [0.15, 0.2) is 59.3 Å². The van der Waals surface area contributed by atoms with Gasteiger partial charge in [-0.25, -0.2) is 9.37 Å². The van der Waals surface area contributed by atoms with E-state index in [1.807, 2.05) is 16.8 Å². The minimum atomic E-state index is -0.859. The Morgan fingerprint density at radius 3 is 2.55 bits per heavy atom. The SMILES string of the molecule is CC(=O)Nc1ccc(N(Cc2ccsc2)C(=O)Cn2c(C(N)=O)nc3c(F)cccc32)cc1. The van der Waals surface area contributed by atoms with E-state index in [9.17, 15) is 18.8 Å². The number of anilines is 2. The summed E-state index contributed by atoms with van der Waals surface area (Å²) >= 11 is 1.51. The third-order valence-corrected chi connectivity index (χ3v) is 5.70. The number of carbonyl (C=O) groups excluding carboxylic acids is 3. The van der Waals surface area contributed by atoms with Gasteiger partial charge in [-0.05, 0) is 58.8 Å². The van der Waals surface area contributed by atoms with Gasteiger partial charge in [-0.1, -0.05) is 6.07 Å². The third kappa shape index (κ3) is 4.75. The van der Waals surface area contributed by atoms with Gasteiger partial charge in [-0.15, -0.1) is 0 Å². The van der Waals surface area contributed by atoms with Crippen molar-refractivity contribution in [2.45, 2.75) is 20.0 Å². The lowest BCUT2D eigenvalue weighted by Crippen LogP contribution is -2.34. The molecule has 4 aromatic rings. The fourth-order valence-corrected chi connectivity index (χ4v) is 4.16. The van der Waals surface area contributed by atoms with Crippen LogP contribution in [0.3, 0.4) is 0 Å². The summed E-state index contributed by atoms with van der Waals surface area (Å²) in [5.74, 6) is -2.21. The maximum atomic E-state index is 14.2. The zero-order valence-electron chi connectivity index (χ0n) is 17.6. The highest BCUT2D eigenvalue weighted by molar-refractivity contribution is 7.07. The van der Waals surface area contributed by atoms with E-state index >= 15 is 0 Å². The van der Waals surface area contributed by atoms with Gasteiger partial charge in [0, 0.05) is 18.3 Å². The molecule has 0 saturated carbocycles. The van der Waals surface area contributed by atoms with Gasteiger partial charge in [0.05, 0.1) is 12.1 Å². The molecule has 0 aliphatic heterocycles. The minimum Gasteiger partial charge on any atom is -0.363 e. The molecule has 4 rings (SSSR count). The van der Waals surface area contributed by atoms with E-state index in [0.29, 0.717) is 16.9 Å². The molecule has 2 aromatic carbocycles. The Labute approximate surface area is 192 Å². The Bertz CT molecular complexity index is 1330. The second-order valence-electron chi connectivity index (χ2n) is 7.33. The second-order valence-corrected chi connectivity index (χ2v) is 8.11. The highest BCUT2D eigenvalue weighted by Gasteiger charge is 2.23. The lowest BCUT2D eigenvalue weighted by molar-refractivity contribution is -0.119. The second kappa shape index (κ2) is 9.21. The predicted molar refractivity (Wildman–Crippen MR) is 124 cm³/mol. The summed E-state index contributed by atoms with van der Waals surface area (Å²) in [6.07, 6.45) is 0. The number of aromatic nitrogens is 2. The topological polar surface area (TPSA) is 110 Å². The molecular weight excluding hydrogens is 445 g/mol. The molecule has 0 spiro atoms. The number of para-hydroxylation sites is 1. The van der Waals surface area contributed by atoms with Crippen LogP contribution in [0.1, 0.15) is 23.1 Å². The van der Waals surface area contributed by atoms with E-state index in [1.54, 1.807) is 35.2 Å². The van der Waals surface area contributed by atoms with E-state index in [-0.39, 0.29) is 36.2 Å². The Kier molecular flexibility index (Phi) is 6.18. The molecule has 2 heterocycles. The van der Waals surface area contributed by atoms with Crippen molar-refractivity contribution in [3.8, 4) is 0 Å². The van der Waals surface area contributed by atoms with Gasteiger partial charge in [0.1, 0.15) is 12.1 Å². The molecule has 0 saturated heterocycles. The molecule has 3 N–H and O–H groups in total. The highest BCUT2D eigenvalue weighted by Crippen LogP contribution is 2.24. The summed E-state index contributed by atoms with van der Waals surface area (Å²) in [4.78, 5) is 42.3. The quantitative estimate of drug-likeness (QED) is 0.435. The Balaban J connectivity index is 1.70. The molecule has 0 aliphatic rings. The average Bonchev–Trinajstić information content (AvgIpc) is 3.41. The van der Waals surface area contributed by atoms with Gasteiger partial charge < -0.3 is 20.5 Å². The van der Waals surface area contributed by atoms with Crippen LogP contribution in [0.5, 0.6) is 0 Å². The first kappa shape index (κ1) is 22.2. The molecule has 10 heteroatoms.